The first kappa shape index (κ1) is 11.8. The fraction of sp³-hybridized carbons (Fsp3) is 0.188. The number of anilines is 1. The molecular weight excluding hydrogens is 236 g/mol. The summed E-state index contributed by atoms with van der Waals surface area (Å²) in [6.45, 7) is 2.97. The van der Waals surface area contributed by atoms with Gasteiger partial charge in [-0.1, -0.05) is 11.6 Å². The molecule has 1 aromatic carbocycles. The lowest BCUT2D eigenvalue weighted by Crippen LogP contribution is -2.19. The summed E-state index contributed by atoms with van der Waals surface area (Å²) in [5, 5.41) is 1.75. The van der Waals surface area contributed by atoms with Crippen LogP contribution in [0.4, 0.5) is 5.69 Å². The molecular formula is C16H16N2O. The monoisotopic (exact) mass is 252 g/mol. The van der Waals surface area contributed by atoms with Crippen molar-refractivity contribution in [2.75, 3.05) is 11.4 Å². The first-order valence-corrected chi connectivity index (χ1v) is 6.36. The topological polar surface area (TPSA) is 25.2 Å². The van der Waals surface area contributed by atoms with Crippen molar-refractivity contribution in [3.05, 3.63) is 64.7 Å². The van der Waals surface area contributed by atoms with Crippen LogP contribution in [0.2, 0.25) is 0 Å². The average molecular weight is 252 g/mol. The van der Waals surface area contributed by atoms with Crippen LogP contribution in [-0.2, 0) is 7.05 Å². The highest BCUT2D eigenvalue weighted by Crippen LogP contribution is 2.22. The maximum atomic E-state index is 12.0. The van der Waals surface area contributed by atoms with Crippen LogP contribution < -0.4 is 10.5 Å². The second-order valence-corrected chi connectivity index (χ2v) is 4.92. The number of aryl methyl sites for hydroxylation is 1. The second-order valence-electron chi connectivity index (χ2n) is 4.92. The van der Waals surface area contributed by atoms with Crippen molar-refractivity contribution in [2.24, 2.45) is 7.05 Å². The third-order valence-electron chi connectivity index (χ3n) is 3.52. The molecule has 3 heteroatoms. The van der Waals surface area contributed by atoms with Gasteiger partial charge in [0.25, 0.3) is 5.56 Å². The van der Waals surface area contributed by atoms with E-state index in [0.29, 0.717) is 0 Å². The van der Waals surface area contributed by atoms with Gasteiger partial charge in [-0.3, -0.25) is 4.79 Å². The van der Waals surface area contributed by atoms with E-state index in [0.717, 1.165) is 23.0 Å². The van der Waals surface area contributed by atoms with Crippen LogP contribution in [0.1, 0.15) is 6.92 Å². The van der Waals surface area contributed by atoms with E-state index in [9.17, 15) is 4.79 Å². The number of aromatic nitrogens is 1. The minimum absolute atomic E-state index is 0.0500. The maximum Gasteiger partial charge on any atom is 0.258 e. The smallest absolute Gasteiger partial charge is 0.258 e. The van der Waals surface area contributed by atoms with Crippen LogP contribution >= 0.6 is 0 Å². The summed E-state index contributed by atoms with van der Waals surface area (Å²) in [5.41, 5.74) is 2.45. The van der Waals surface area contributed by atoms with Gasteiger partial charge >= 0.3 is 0 Å². The Balaban J connectivity index is 2.06. The molecule has 1 aromatic heterocycles. The summed E-state index contributed by atoms with van der Waals surface area (Å²) in [5.74, 6) is 0. The largest absolute Gasteiger partial charge is 0.344 e. The molecule has 2 heterocycles. The molecule has 0 saturated carbocycles. The van der Waals surface area contributed by atoms with Crippen molar-refractivity contribution in [3.63, 3.8) is 0 Å². The molecule has 0 amide bonds. The van der Waals surface area contributed by atoms with Crippen molar-refractivity contribution < 1.29 is 0 Å². The summed E-state index contributed by atoms with van der Waals surface area (Å²) in [4.78, 5) is 14.2. The summed E-state index contributed by atoms with van der Waals surface area (Å²) in [6, 6.07) is 7.96. The summed E-state index contributed by atoms with van der Waals surface area (Å²) in [7, 11) is 1.77. The van der Waals surface area contributed by atoms with Gasteiger partial charge in [0.1, 0.15) is 0 Å². The van der Waals surface area contributed by atoms with Crippen molar-refractivity contribution in [2.45, 2.75) is 6.92 Å². The first-order valence-electron chi connectivity index (χ1n) is 6.36. The zero-order valence-corrected chi connectivity index (χ0v) is 11.1. The molecule has 0 radical (unpaired) electrons. The molecule has 0 saturated heterocycles. The van der Waals surface area contributed by atoms with Gasteiger partial charge in [-0.05, 0) is 42.7 Å². The minimum Gasteiger partial charge on any atom is -0.344 e. The highest BCUT2D eigenvalue weighted by molar-refractivity contribution is 5.85. The summed E-state index contributed by atoms with van der Waals surface area (Å²) < 4.78 is 1.61. The predicted octanol–water partition coefficient (Wildman–Crippen LogP) is 2.82. The number of fused-ring (bicyclic) bond motifs is 1. The molecule has 0 unspecified atom stereocenters. The lowest BCUT2D eigenvalue weighted by molar-refractivity contribution is 0.873. The molecule has 0 N–H and O–H groups in total. The van der Waals surface area contributed by atoms with Gasteiger partial charge in [0.15, 0.2) is 0 Å². The molecule has 1 aliphatic heterocycles. The van der Waals surface area contributed by atoms with Gasteiger partial charge in [-0.25, -0.2) is 0 Å². The highest BCUT2D eigenvalue weighted by Gasteiger charge is 2.07. The fourth-order valence-corrected chi connectivity index (χ4v) is 2.28. The van der Waals surface area contributed by atoms with Crippen LogP contribution in [0.3, 0.4) is 0 Å². The Kier molecular flexibility index (Phi) is 2.75. The van der Waals surface area contributed by atoms with Crippen molar-refractivity contribution in [1.82, 2.24) is 4.57 Å². The van der Waals surface area contributed by atoms with Gasteiger partial charge < -0.3 is 9.47 Å². The molecule has 0 bridgehead atoms. The van der Waals surface area contributed by atoms with E-state index in [1.807, 2.05) is 24.4 Å². The quantitative estimate of drug-likeness (QED) is 0.779. The maximum absolute atomic E-state index is 12.0. The molecule has 0 atom stereocenters. The van der Waals surface area contributed by atoms with Crippen LogP contribution in [-0.4, -0.2) is 11.1 Å². The van der Waals surface area contributed by atoms with Crippen molar-refractivity contribution >= 4 is 16.5 Å². The number of hydrogen-bond acceptors (Lipinski definition) is 2. The normalized spacial score (nSPS) is 14.8. The zero-order chi connectivity index (χ0) is 13.4. The average Bonchev–Trinajstić information content (AvgIpc) is 2.43. The third-order valence-corrected chi connectivity index (χ3v) is 3.52. The van der Waals surface area contributed by atoms with Crippen LogP contribution in [0, 0.1) is 0 Å². The highest BCUT2D eigenvalue weighted by atomic mass is 16.1. The fourth-order valence-electron chi connectivity index (χ4n) is 2.28. The van der Waals surface area contributed by atoms with Gasteiger partial charge in [0.2, 0.25) is 0 Å². The molecule has 1 aliphatic rings. The first-order chi connectivity index (χ1) is 9.15. The van der Waals surface area contributed by atoms with Crippen LogP contribution in [0.5, 0.6) is 0 Å². The van der Waals surface area contributed by atoms with E-state index in [2.05, 4.69) is 36.2 Å². The molecule has 96 valence electrons. The lowest BCUT2D eigenvalue weighted by atomic mass is 10.1. The Labute approximate surface area is 112 Å². The molecule has 0 spiro atoms. The molecule has 3 rings (SSSR count). The number of rotatable bonds is 1. The second kappa shape index (κ2) is 4.43. The van der Waals surface area contributed by atoms with E-state index >= 15 is 0 Å². The van der Waals surface area contributed by atoms with E-state index in [-0.39, 0.29) is 5.56 Å². The Morgan fingerprint density at radius 3 is 2.79 bits per heavy atom. The molecule has 3 nitrogen and oxygen atoms in total. The third kappa shape index (κ3) is 2.08. The Morgan fingerprint density at radius 1 is 1.21 bits per heavy atom. The number of allylic oxidation sites excluding steroid dienone is 2. The zero-order valence-electron chi connectivity index (χ0n) is 11.1. The van der Waals surface area contributed by atoms with Crippen molar-refractivity contribution in [3.8, 4) is 0 Å². The Bertz CT molecular complexity index is 753. The van der Waals surface area contributed by atoms with Gasteiger partial charge in [0.05, 0.1) is 0 Å². The van der Waals surface area contributed by atoms with Crippen molar-refractivity contribution in [1.29, 1.82) is 0 Å². The van der Waals surface area contributed by atoms with Gasteiger partial charge in [0, 0.05) is 37.1 Å². The standard InChI is InChI=1S/C16H16N2O/c1-12-5-9-18(10-6-12)14-3-4-15-13(11-14)7-8-17(2)16(15)19/h3-9,11H,10H2,1-2H3. The molecule has 0 aliphatic carbocycles. The molecule has 0 fully saturated rings. The Morgan fingerprint density at radius 2 is 2.05 bits per heavy atom. The Hall–Kier alpha value is -2.29. The summed E-state index contributed by atoms with van der Waals surface area (Å²) >= 11 is 0. The number of nitrogens with zero attached hydrogens (tertiary/aromatic N) is 2. The van der Waals surface area contributed by atoms with Crippen LogP contribution in [0.25, 0.3) is 10.8 Å². The predicted molar refractivity (Wildman–Crippen MR) is 79.4 cm³/mol. The number of benzene rings is 1. The van der Waals surface area contributed by atoms with Gasteiger partial charge in [-0.2, -0.15) is 0 Å². The van der Waals surface area contributed by atoms with Crippen LogP contribution in [0.15, 0.2) is 59.2 Å². The summed E-state index contributed by atoms with van der Waals surface area (Å²) in [6.07, 6.45) is 8.17. The van der Waals surface area contributed by atoms with E-state index in [1.54, 1.807) is 11.6 Å². The SMILES string of the molecule is CC1=CCN(c2ccc3c(=O)n(C)ccc3c2)C=C1. The van der Waals surface area contributed by atoms with E-state index in [4.69, 9.17) is 0 Å². The number of pyridine rings is 1. The molecule has 2 aromatic rings. The number of hydrogen-bond donors (Lipinski definition) is 0. The molecule has 19 heavy (non-hydrogen) atoms. The van der Waals surface area contributed by atoms with Gasteiger partial charge in [-0.15, -0.1) is 0 Å². The lowest BCUT2D eigenvalue weighted by Gasteiger charge is -2.22. The van der Waals surface area contributed by atoms with E-state index < -0.39 is 0 Å². The minimum atomic E-state index is 0.0500. The van der Waals surface area contributed by atoms with E-state index in [1.165, 1.54) is 5.57 Å².